The molecule has 2 atom stereocenters. The van der Waals surface area contributed by atoms with Gasteiger partial charge in [-0.2, -0.15) is 13.2 Å². The number of ketones is 1. The van der Waals surface area contributed by atoms with Crippen LogP contribution in [0.15, 0.2) is 30.9 Å². The van der Waals surface area contributed by atoms with E-state index in [9.17, 15) is 23.1 Å². The van der Waals surface area contributed by atoms with Gasteiger partial charge in [0.1, 0.15) is 23.6 Å². The summed E-state index contributed by atoms with van der Waals surface area (Å²) in [6, 6.07) is 2.26. The summed E-state index contributed by atoms with van der Waals surface area (Å²) in [6.45, 7) is 5.56. The molecule has 3 aromatic heterocycles. The molecule has 0 aliphatic carbocycles. The van der Waals surface area contributed by atoms with Crippen molar-refractivity contribution in [1.29, 1.82) is 0 Å². The van der Waals surface area contributed by atoms with Gasteiger partial charge in [0.25, 0.3) is 0 Å². The van der Waals surface area contributed by atoms with Gasteiger partial charge in [0.15, 0.2) is 5.82 Å². The lowest BCUT2D eigenvalue weighted by atomic mass is 9.93. The Hall–Kier alpha value is -3.12. The van der Waals surface area contributed by atoms with Crippen LogP contribution in [0.4, 0.5) is 23.4 Å². The number of carbonyl (C=O) groups is 1. The SMILES string of the molecule is CCN(Cc1ccc(C(F)(F)F)cn1)c1ncnc2c1c(F)cn2CC1CCN(CC(C)=O)CC1O. The number of hydrogen-bond acceptors (Lipinski definition) is 7. The molecule has 36 heavy (non-hydrogen) atoms. The predicted molar refractivity (Wildman–Crippen MR) is 125 cm³/mol. The summed E-state index contributed by atoms with van der Waals surface area (Å²) in [5.74, 6) is -0.309. The van der Waals surface area contributed by atoms with Gasteiger partial charge in [0.2, 0.25) is 0 Å². The Morgan fingerprint density at radius 3 is 2.64 bits per heavy atom. The van der Waals surface area contributed by atoms with Gasteiger partial charge in [-0.3, -0.25) is 14.7 Å². The molecule has 2 unspecified atom stereocenters. The quantitative estimate of drug-likeness (QED) is 0.468. The van der Waals surface area contributed by atoms with Gasteiger partial charge in [0, 0.05) is 37.9 Å². The second-order valence-corrected chi connectivity index (χ2v) is 9.13. The Kier molecular flexibility index (Phi) is 7.55. The van der Waals surface area contributed by atoms with Crippen LogP contribution in [0, 0.1) is 11.7 Å². The number of aromatic nitrogens is 4. The zero-order valence-corrected chi connectivity index (χ0v) is 20.0. The van der Waals surface area contributed by atoms with Crippen LogP contribution in [0.2, 0.25) is 0 Å². The number of pyridine rings is 1. The minimum Gasteiger partial charge on any atom is -0.391 e. The minimum atomic E-state index is -4.47. The third-order valence-electron chi connectivity index (χ3n) is 6.46. The molecule has 3 aromatic rings. The number of halogens is 4. The van der Waals surface area contributed by atoms with E-state index < -0.39 is 23.7 Å². The molecule has 0 amide bonds. The fourth-order valence-corrected chi connectivity index (χ4v) is 4.63. The number of anilines is 1. The van der Waals surface area contributed by atoms with Crippen LogP contribution in [-0.4, -0.2) is 67.6 Å². The zero-order chi connectivity index (χ0) is 26.0. The lowest BCUT2D eigenvalue weighted by molar-refractivity contribution is -0.137. The zero-order valence-electron chi connectivity index (χ0n) is 20.0. The first-order valence-corrected chi connectivity index (χ1v) is 11.7. The molecule has 0 bridgehead atoms. The van der Waals surface area contributed by atoms with Crippen molar-refractivity contribution in [3.05, 3.63) is 47.9 Å². The summed E-state index contributed by atoms with van der Waals surface area (Å²) in [4.78, 5) is 27.5. The highest BCUT2D eigenvalue weighted by Crippen LogP contribution is 2.31. The Balaban J connectivity index is 1.55. The van der Waals surface area contributed by atoms with E-state index in [1.54, 1.807) is 9.47 Å². The molecule has 0 spiro atoms. The Morgan fingerprint density at radius 2 is 2.03 bits per heavy atom. The average Bonchev–Trinajstić information content (AvgIpc) is 3.14. The number of aliphatic hydroxyl groups is 1. The first-order chi connectivity index (χ1) is 17.1. The smallest absolute Gasteiger partial charge is 0.391 e. The standard InChI is InChI=1S/C24H28F4N6O2/c1-3-33(11-18-5-4-17(8-29-18)24(26,27)28)22-21-19(25)12-34(23(21)31-14-30-22)10-16-6-7-32(9-15(2)35)13-20(16)36/h4-5,8,12,14,16,20,36H,3,6-7,9-11,13H2,1-2H3. The second kappa shape index (κ2) is 10.5. The van der Waals surface area contributed by atoms with Crippen molar-refractivity contribution in [2.75, 3.05) is 31.1 Å². The molecule has 12 heteroatoms. The van der Waals surface area contributed by atoms with E-state index in [0.717, 1.165) is 12.3 Å². The molecule has 0 saturated carbocycles. The van der Waals surface area contributed by atoms with E-state index in [4.69, 9.17) is 0 Å². The van der Waals surface area contributed by atoms with Gasteiger partial charge in [-0.05, 0) is 38.9 Å². The van der Waals surface area contributed by atoms with E-state index in [1.807, 2.05) is 11.8 Å². The maximum atomic E-state index is 15.2. The van der Waals surface area contributed by atoms with E-state index >= 15 is 4.39 Å². The van der Waals surface area contributed by atoms with Gasteiger partial charge in [0.05, 0.1) is 35.8 Å². The molecule has 4 heterocycles. The number of hydrogen-bond donors (Lipinski definition) is 1. The molecular formula is C24H28F4N6O2. The van der Waals surface area contributed by atoms with Crippen LogP contribution in [0.5, 0.6) is 0 Å². The van der Waals surface area contributed by atoms with Gasteiger partial charge < -0.3 is 14.6 Å². The van der Waals surface area contributed by atoms with Crippen LogP contribution in [0.3, 0.4) is 0 Å². The maximum absolute atomic E-state index is 15.2. The number of Topliss-reactive ketones (excluding diaryl/α,β-unsaturated/α-hetero) is 1. The maximum Gasteiger partial charge on any atom is 0.417 e. The van der Waals surface area contributed by atoms with Gasteiger partial charge in [-0.15, -0.1) is 0 Å². The number of nitrogens with zero attached hydrogens (tertiary/aromatic N) is 6. The largest absolute Gasteiger partial charge is 0.417 e. The lowest BCUT2D eigenvalue weighted by Crippen LogP contribution is -2.46. The van der Waals surface area contributed by atoms with Crippen molar-refractivity contribution in [2.45, 2.75) is 45.6 Å². The molecular weight excluding hydrogens is 480 g/mol. The summed E-state index contributed by atoms with van der Waals surface area (Å²) in [6.07, 6.45) is -1.06. The van der Waals surface area contributed by atoms with Crippen molar-refractivity contribution >= 4 is 22.6 Å². The fourth-order valence-electron chi connectivity index (χ4n) is 4.63. The van der Waals surface area contributed by atoms with E-state index in [1.165, 1.54) is 25.5 Å². The van der Waals surface area contributed by atoms with Crippen molar-refractivity contribution in [3.63, 3.8) is 0 Å². The van der Waals surface area contributed by atoms with E-state index in [0.29, 0.717) is 56.3 Å². The minimum absolute atomic E-state index is 0.0373. The number of piperidine rings is 1. The number of fused-ring (bicyclic) bond motifs is 1. The highest BCUT2D eigenvalue weighted by Gasteiger charge is 2.31. The molecule has 1 aliphatic heterocycles. The molecule has 194 valence electrons. The Morgan fingerprint density at radius 1 is 1.25 bits per heavy atom. The molecule has 1 saturated heterocycles. The molecule has 1 fully saturated rings. The van der Waals surface area contributed by atoms with Crippen molar-refractivity contribution in [2.24, 2.45) is 5.92 Å². The molecule has 0 aromatic carbocycles. The Labute approximate surface area is 205 Å². The summed E-state index contributed by atoms with van der Waals surface area (Å²) < 4.78 is 55.4. The monoisotopic (exact) mass is 508 g/mol. The van der Waals surface area contributed by atoms with Crippen molar-refractivity contribution in [1.82, 2.24) is 24.4 Å². The predicted octanol–water partition coefficient (Wildman–Crippen LogP) is 3.28. The van der Waals surface area contributed by atoms with Gasteiger partial charge >= 0.3 is 6.18 Å². The Bertz CT molecular complexity index is 1210. The molecule has 1 N–H and O–H groups in total. The van der Waals surface area contributed by atoms with Crippen LogP contribution < -0.4 is 4.90 Å². The van der Waals surface area contributed by atoms with Gasteiger partial charge in [-0.25, -0.2) is 14.4 Å². The van der Waals surface area contributed by atoms with Crippen molar-refractivity contribution in [3.8, 4) is 0 Å². The first-order valence-electron chi connectivity index (χ1n) is 11.7. The number of β-amino-alcohol motifs (C(OH)–C–C–N with tert-alkyl or cyclic N) is 1. The summed E-state index contributed by atoms with van der Waals surface area (Å²) in [5.41, 5.74) is -0.0808. The van der Waals surface area contributed by atoms with E-state index in [2.05, 4.69) is 15.0 Å². The van der Waals surface area contributed by atoms with Crippen LogP contribution in [-0.2, 0) is 24.1 Å². The van der Waals surface area contributed by atoms with Gasteiger partial charge in [-0.1, -0.05) is 0 Å². The van der Waals surface area contributed by atoms with Crippen LogP contribution in [0.25, 0.3) is 11.0 Å². The molecule has 8 nitrogen and oxygen atoms in total. The van der Waals surface area contributed by atoms with Crippen LogP contribution >= 0.6 is 0 Å². The summed E-state index contributed by atoms with van der Waals surface area (Å²) in [5, 5.41) is 10.8. The number of carbonyl (C=O) groups excluding carboxylic acids is 1. The number of likely N-dealkylation sites (tertiary alicyclic amines) is 1. The fraction of sp³-hybridized carbons (Fsp3) is 0.500. The topological polar surface area (TPSA) is 87.4 Å². The highest BCUT2D eigenvalue weighted by atomic mass is 19.4. The normalized spacial score (nSPS) is 19.1. The summed E-state index contributed by atoms with van der Waals surface area (Å²) >= 11 is 0. The average molecular weight is 509 g/mol. The third kappa shape index (κ3) is 5.65. The second-order valence-electron chi connectivity index (χ2n) is 9.13. The van der Waals surface area contributed by atoms with Crippen molar-refractivity contribution < 1.29 is 27.5 Å². The number of aliphatic hydroxyl groups excluding tert-OH is 1. The number of alkyl halides is 3. The number of rotatable bonds is 8. The summed E-state index contributed by atoms with van der Waals surface area (Å²) in [7, 11) is 0. The first kappa shape index (κ1) is 26.0. The third-order valence-corrected chi connectivity index (χ3v) is 6.46. The van der Waals surface area contributed by atoms with Crippen LogP contribution in [0.1, 0.15) is 31.5 Å². The lowest BCUT2D eigenvalue weighted by Gasteiger charge is -2.35. The molecule has 4 rings (SSSR count). The molecule has 1 aliphatic rings. The highest BCUT2D eigenvalue weighted by molar-refractivity contribution is 5.88. The molecule has 0 radical (unpaired) electrons. The van der Waals surface area contributed by atoms with E-state index in [-0.39, 0.29) is 23.6 Å².